The summed E-state index contributed by atoms with van der Waals surface area (Å²) in [5.41, 5.74) is 0.906. The van der Waals surface area contributed by atoms with Crippen LogP contribution in [-0.4, -0.2) is 48.1 Å². The third-order valence-corrected chi connectivity index (χ3v) is 13.2. The Labute approximate surface area is 362 Å². The average Bonchev–Trinajstić information content (AvgIpc) is 3.63. The molecule has 4 N–H and O–H groups in total. The molecule has 0 aliphatic carbocycles. The van der Waals surface area contributed by atoms with Crippen molar-refractivity contribution in [3.05, 3.63) is 153 Å². The van der Waals surface area contributed by atoms with Crippen molar-refractivity contribution in [3.8, 4) is 11.1 Å². The summed E-state index contributed by atoms with van der Waals surface area (Å²) in [6.07, 6.45) is 1.61. The second kappa shape index (κ2) is 17.1. The highest BCUT2D eigenvalue weighted by molar-refractivity contribution is 7.89. The van der Waals surface area contributed by atoms with E-state index in [0.717, 1.165) is 10.6 Å². The van der Waals surface area contributed by atoms with Gasteiger partial charge in [-0.05, 0) is 70.6 Å². The molecule has 5 aromatic rings. The smallest absolute Gasteiger partial charge is 0.355 e. The Morgan fingerprint density at radius 2 is 1.67 bits per heavy atom. The minimum atomic E-state index is -4.11. The number of ether oxygens (including phenoxy) is 2. The zero-order chi connectivity index (χ0) is 44.6. The molecule has 16 heteroatoms. The number of hydrogen-bond acceptors (Lipinski definition) is 10. The van der Waals surface area contributed by atoms with Crippen LogP contribution in [0.2, 0.25) is 0 Å². The van der Waals surface area contributed by atoms with E-state index in [0.29, 0.717) is 34.6 Å². The predicted octanol–water partition coefficient (Wildman–Crippen LogP) is 4.85. The van der Waals surface area contributed by atoms with Crippen LogP contribution in [0.3, 0.4) is 0 Å². The van der Waals surface area contributed by atoms with Crippen molar-refractivity contribution < 1.29 is 42.2 Å². The molecule has 3 aliphatic rings. The lowest BCUT2D eigenvalue weighted by atomic mass is 9.84. The molecule has 0 radical (unpaired) electrons. The second-order valence-electron chi connectivity index (χ2n) is 16.1. The standard InChI is InChI=1S/C47H45N5O10S/c1-4-47(36-23-39-42-32(21-31-13-8-9-16-37(31)49-42)25-52(39)43(55)35(36)26-61-45(47)57)62-44(56)41(27(2)3)50-46(58)48-33-15-10-14-30(22-33)28-17-19-34(20-18-28)63(59,60)51-38(24-40(53)54)29-11-6-5-7-12-29/h5-23,27,32,38,41-42,51H,4,24-26H2,1-3H3,(H,53,54)(H2,48,50,58)/t32?,38?,41-,42?,47?/m0/s1. The summed E-state index contributed by atoms with van der Waals surface area (Å²) in [6.45, 7) is 5.21. The first kappa shape index (κ1) is 42.8. The number of rotatable bonds is 13. The van der Waals surface area contributed by atoms with Gasteiger partial charge in [0.15, 0.2) is 0 Å². The first-order valence-corrected chi connectivity index (χ1v) is 22.0. The van der Waals surface area contributed by atoms with Crippen LogP contribution < -0.4 is 31.5 Å². The van der Waals surface area contributed by atoms with Crippen LogP contribution in [0.1, 0.15) is 68.1 Å². The number of benzene rings is 4. The van der Waals surface area contributed by atoms with Crippen LogP contribution in [0.4, 0.5) is 10.5 Å². The lowest BCUT2D eigenvalue weighted by molar-refractivity contribution is -0.191. The van der Waals surface area contributed by atoms with Gasteiger partial charge in [-0.1, -0.05) is 99.6 Å². The number of urea groups is 1. The number of hydrogen-bond donors (Lipinski definition) is 4. The summed E-state index contributed by atoms with van der Waals surface area (Å²) < 4.78 is 42.4. The maximum atomic E-state index is 14.1. The van der Waals surface area contributed by atoms with Gasteiger partial charge >= 0.3 is 23.9 Å². The first-order chi connectivity index (χ1) is 30.2. The molecule has 3 aliphatic heterocycles. The molecule has 0 saturated carbocycles. The molecule has 1 aromatic heterocycles. The van der Waals surface area contributed by atoms with Crippen molar-refractivity contribution in [2.24, 2.45) is 16.8 Å². The summed E-state index contributed by atoms with van der Waals surface area (Å²) in [4.78, 5) is 71.8. The van der Waals surface area contributed by atoms with E-state index in [-0.39, 0.29) is 46.6 Å². The Bertz CT molecular complexity index is 2940. The number of fused-ring (bicyclic) bond motifs is 5. The van der Waals surface area contributed by atoms with E-state index in [4.69, 9.17) is 14.5 Å². The van der Waals surface area contributed by atoms with E-state index < -0.39 is 64.0 Å². The fourth-order valence-electron chi connectivity index (χ4n) is 8.46. The van der Waals surface area contributed by atoms with Gasteiger partial charge in [-0.25, -0.2) is 27.5 Å². The third kappa shape index (κ3) is 8.38. The highest BCUT2D eigenvalue weighted by atomic mass is 32.2. The number of sulfonamides is 1. The molecule has 0 bridgehead atoms. The van der Waals surface area contributed by atoms with Gasteiger partial charge in [0.05, 0.1) is 34.3 Å². The van der Waals surface area contributed by atoms with Crippen LogP contribution >= 0.6 is 0 Å². The van der Waals surface area contributed by atoms with Gasteiger partial charge in [-0.15, -0.1) is 0 Å². The minimum absolute atomic E-state index is 0.0418. The van der Waals surface area contributed by atoms with E-state index in [2.05, 4.69) is 21.4 Å². The lowest BCUT2D eigenvalue weighted by Gasteiger charge is -2.37. The molecular weight excluding hydrogens is 827 g/mol. The van der Waals surface area contributed by atoms with Crippen LogP contribution in [-0.2, 0) is 52.6 Å². The Kier molecular flexibility index (Phi) is 11.6. The molecule has 5 atom stereocenters. The molecule has 2 amide bonds. The van der Waals surface area contributed by atoms with Gasteiger partial charge in [0, 0.05) is 29.4 Å². The molecule has 0 spiro atoms. The number of nitrogens with zero attached hydrogens (tertiary/aromatic N) is 2. The number of esters is 2. The number of anilines is 1. The number of aromatic nitrogens is 1. The van der Waals surface area contributed by atoms with Gasteiger partial charge in [0.1, 0.15) is 12.6 Å². The number of amides is 2. The highest BCUT2D eigenvalue weighted by Gasteiger charge is 2.52. The number of pyridine rings is 1. The van der Waals surface area contributed by atoms with E-state index in [9.17, 15) is 37.5 Å². The van der Waals surface area contributed by atoms with Crippen molar-refractivity contribution in [2.75, 3.05) is 5.32 Å². The van der Waals surface area contributed by atoms with Crippen LogP contribution in [0.25, 0.3) is 17.2 Å². The van der Waals surface area contributed by atoms with Gasteiger partial charge in [-0.2, -0.15) is 0 Å². The highest BCUT2D eigenvalue weighted by Crippen LogP contribution is 2.42. The zero-order valence-electron chi connectivity index (χ0n) is 34.6. The molecule has 324 valence electrons. The predicted molar refractivity (Wildman–Crippen MR) is 231 cm³/mol. The number of cyclic esters (lactones) is 1. The summed E-state index contributed by atoms with van der Waals surface area (Å²) in [7, 11) is -4.11. The molecule has 4 aromatic carbocycles. The average molecular weight is 872 g/mol. The van der Waals surface area contributed by atoms with Gasteiger partial charge in [0.2, 0.25) is 15.6 Å². The second-order valence-corrected chi connectivity index (χ2v) is 17.8. The molecule has 8 rings (SSSR count). The third-order valence-electron chi connectivity index (χ3n) is 11.7. The summed E-state index contributed by atoms with van der Waals surface area (Å²) >= 11 is 0. The topological polar surface area (TPSA) is 212 Å². The SMILES string of the molecule is CCC1(OC(=O)[C@@H](NC(=O)Nc2cccc(-c3ccc(S(=O)(=O)NC(CC(=O)O)c4ccccc4)cc3)c2)C(C)C)C(=O)OCc2c1cc1n(c2=O)CC2C=c3ccccc3=NC12. The van der Waals surface area contributed by atoms with Crippen molar-refractivity contribution in [1.29, 1.82) is 0 Å². The zero-order valence-corrected chi connectivity index (χ0v) is 35.4. The van der Waals surface area contributed by atoms with E-state index >= 15 is 0 Å². The van der Waals surface area contributed by atoms with Crippen molar-refractivity contribution >= 4 is 45.7 Å². The maximum absolute atomic E-state index is 14.1. The van der Waals surface area contributed by atoms with Gasteiger partial charge in [-0.3, -0.25) is 14.6 Å². The fourth-order valence-corrected chi connectivity index (χ4v) is 9.68. The minimum Gasteiger partial charge on any atom is -0.481 e. The van der Waals surface area contributed by atoms with Crippen LogP contribution in [0.15, 0.2) is 124 Å². The van der Waals surface area contributed by atoms with Crippen LogP contribution in [0.5, 0.6) is 0 Å². The van der Waals surface area contributed by atoms with E-state index in [1.54, 1.807) is 98.1 Å². The number of carbonyl (C=O) groups is 4. The molecule has 0 fully saturated rings. The number of carboxylic acids is 1. The normalized spacial score (nSPS) is 19.4. The Morgan fingerprint density at radius 3 is 2.38 bits per heavy atom. The Morgan fingerprint density at radius 1 is 0.937 bits per heavy atom. The van der Waals surface area contributed by atoms with E-state index in [1.807, 2.05) is 24.3 Å². The van der Waals surface area contributed by atoms with Crippen LogP contribution in [0, 0.1) is 11.8 Å². The fraction of sp³-hybridized carbons (Fsp3) is 0.277. The van der Waals surface area contributed by atoms with Crippen molar-refractivity contribution in [3.63, 3.8) is 0 Å². The van der Waals surface area contributed by atoms with Gasteiger partial charge in [0.25, 0.3) is 5.56 Å². The number of para-hydroxylation sites is 1. The van der Waals surface area contributed by atoms with E-state index in [1.165, 1.54) is 12.1 Å². The molecule has 15 nitrogen and oxygen atoms in total. The first-order valence-electron chi connectivity index (χ1n) is 20.6. The summed E-state index contributed by atoms with van der Waals surface area (Å²) in [5, 5.41) is 16.6. The summed E-state index contributed by atoms with van der Waals surface area (Å²) in [5.74, 6) is -3.46. The number of carboxylic acid groups (broad SMARTS) is 1. The molecule has 4 heterocycles. The monoisotopic (exact) mass is 871 g/mol. The Balaban J connectivity index is 0.976. The molecule has 0 saturated heterocycles. The van der Waals surface area contributed by atoms with Crippen molar-refractivity contribution in [2.45, 2.75) is 75.4 Å². The van der Waals surface area contributed by atoms with Crippen molar-refractivity contribution in [1.82, 2.24) is 14.6 Å². The number of carbonyl (C=O) groups excluding carboxylic acids is 3. The molecule has 63 heavy (non-hydrogen) atoms. The Hall–Kier alpha value is -6.91. The lowest BCUT2D eigenvalue weighted by Crippen LogP contribution is -2.53. The largest absolute Gasteiger partial charge is 0.481 e. The van der Waals surface area contributed by atoms with Gasteiger partial charge < -0.3 is 29.8 Å². The maximum Gasteiger partial charge on any atom is 0.355 e. The summed E-state index contributed by atoms with van der Waals surface area (Å²) in [6, 6.07) is 27.3. The molecular formula is C47H45N5O10S. The molecule has 4 unspecified atom stereocenters. The quantitative estimate of drug-likeness (QED) is 0.118. The number of nitrogens with one attached hydrogen (secondary N) is 3. The number of aliphatic carboxylic acids is 1.